The molecule has 0 aliphatic heterocycles. The summed E-state index contributed by atoms with van der Waals surface area (Å²) in [5.74, 6) is 0.956. The van der Waals surface area contributed by atoms with Crippen LogP contribution in [0.2, 0.25) is 0 Å². The van der Waals surface area contributed by atoms with E-state index in [1.165, 1.54) is 19.3 Å². The molecule has 2 nitrogen and oxygen atoms in total. The molecule has 0 unspecified atom stereocenters. The summed E-state index contributed by atoms with van der Waals surface area (Å²) < 4.78 is 6.77. The minimum absolute atomic E-state index is 0.241. The summed E-state index contributed by atoms with van der Waals surface area (Å²) in [4.78, 5) is 0. The fraction of sp³-hybridized carbons (Fsp3) is 0.625. The number of ether oxygens (including phenoxy) is 1. The Balaban J connectivity index is 1.95. The van der Waals surface area contributed by atoms with Gasteiger partial charge in [-0.3, -0.25) is 0 Å². The van der Waals surface area contributed by atoms with Crippen LogP contribution in [0.4, 0.5) is 0 Å². The SMILES string of the molecule is CC(C)(C)NCCCCCCOc1ccc(Br)cc1. The quantitative estimate of drug-likeness (QED) is 0.694. The van der Waals surface area contributed by atoms with Gasteiger partial charge in [-0.15, -0.1) is 0 Å². The molecule has 1 aromatic carbocycles. The van der Waals surface area contributed by atoms with Crippen LogP contribution < -0.4 is 10.1 Å². The summed E-state index contributed by atoms with van der Waals surface area (Å²) in [6.07, 6.45) is 4.89. The van der Waals surface area contributed by atoms with Gasteiger partial charge < -0.3 is 10.1 Å². The summed E-state index contributed by atoms with van der Waals surface area (Å²) in [5.41, 5.74) is 0.241. The smallest absolute Gasteiger partial charge is 0.119 e. The molecule has 0 saturated carbocycles. The van der Waals surface area contributed by atoms with Crippen molar-refractivity contribution in [2.24, 2.45) is 0 Å². The molecule has 1 rings (SSSR count). The van der Waals surface area contributed by atoms with Gasteiger partial charge in [0.2, 0.25) is 0 Å². The minimum atomic E-state index is 0.241. The zero-order valence-electron chi connectivity index (χ0n) is 12.3. The van der Waals surface area contributed by atoms with Crippen LogP contribution in [0.5, 0.6) is 5.75 Å². The molecule has 0 saturated heterocycles. The molecule has 0 radical (unpaired) electrons. The monoisotopic (exact) mass is 327 g/mol. The van der Waals surface area contributed by atoms with Crippen molar-refractivity contribution in [3.8, 4) is 5.75 Å². The predicted octanol–water partition coefficient (Wildman–Crippen LogP) is 4.78. The first-order valence-electron chi connectivity index (χ1n) is 7.11. The van der Waals surface area contributed by atoms with Crippen molar-refractivity contribution in [3.63, 3.8) is 0 Å². The Labute approximate surface area is 126 Å². The molecule has 0 amide bonds. The lowest BCUT2D eigenvalue weighted by molar-refractivity contribution is 0.303. The third-order valence-corrected chi connectivity index (χ3v) is 3.34. The number of rotatable bonds is 8. The van der Waals surface area contributed by atoms with Gasteiger partial charge in [0.05, 0.1) is 6.61 Å². The predicted molar refractivity (Wildman–Crippen MR) is 85.9 cm³/mol. The summed E-state index contributed by atoms with van der Waals surface area (Å²) in [7, 11) is 0. The molecule has 0 heterocycles. The molecule has 0 atom stereocenters. The van der Waals surface area contributed by atoms with Gasteiger partial charge in [0, 0.05) is 10.0 Å². The van der Waals surface area contributed by atoms with Gasteiger partial charge in [-0.25, -0.2) is 0 Å². The maximum Gasteiger partial charge on any atom is 0.119 e. The van der Waals surface area contributed by atoms with Gasteiger partial charge in [-0.05, 0) is 64.4 Å². The maximum atomic E-state index is 5.69. The van der Waals surface area contributed by atoms with Crippen molar-refractivity contribution in [1.29, 1.82) is 0 Å². The molecular formula is C16H26BrNO. The molecule has 0 aromatic heterocycles. The molecule has 108 valence electrons. The zero-order chi connectivity index (χ0) is 14.1. The van der Waals surface area contributed by atoms with Crippen molar-refractivity contribution in [3.05, 3.63) is 28.7 Å². The average molecular weight is 328 g/mol. The van der Waals surface area contributed by atoms with E-state index in [9.17, 15) is 0 Å². The third-order valence-electron chi connectivity index (χ3n) is 2.81. The molecule has 0 aliphatic carbocycles. The number of benzene rings is 1. The Hall–Kier alpha value is -0.540. The number of hydrogen-bond acceptors (Lipinski definition) is 2. The van der Waals surface area contributed by atoms with Crippen molar-refractivity contribution >= 4 is 15.9 Å². The first-order chi connectivity index (χ1) is 8.97. The van der Waals surface area contributed by atoms with E-state index in [4.69, 9.17) is 4.74 Å². The van der Waals surface area contributed by atoms with E-state index in [0.717, 1.165) is 29.8 Å². The van der Waals surface area contributed by atoms with E-state index in [1.54, 1.807) is 0 Å². The highest BCUT2D eigenvalue weighted by atomic mass is 79.9. The second kappa shape index (κ2) is 8.60. The van der Waals surface area contributed by atoms with Gasteiger partial charge >= 0.3 is 0 Å². The average Bonchev–Trinajstić information content (AvgIpc) is 2.33. The zero-order valence-corrected chi connectivity index (χ0v) is 13.9. The van der Waals surface area contributed by atoms with Crippen LogP contribution in [-0.4, -0.2) is 18.7 Å². The molecule has 0 bridgehead atoms. The van der Waals surface area contributed by atoms with Crippen LogP contribution >= 0.6 is 15.9 Å². The third kappa shape index (κ3) is 9.06. The van der Waals surface area contributed by atoms with Crippen molar-refractivity contribution < 1.29 is 4.74 Å². The lowest BCUT2D eigenvalue weighted by Gasteiger charge is -2.20. The van der Waals surface area contributed by atoms with E-state index in [2.05, 4.69) is 42.0 Å². The molecule has 1 aromatic rings. The Bertz CT molecular complexity index is 343. The fourth-order valence-electron chi connectivity index (χ4n) is 1.76. The van der Waals surface area contributed by atoms with E-state index >= 15 is 0 Å². The van der Waals surface area contributed by atoms with E-state index in [0.29, 0.717) is 0 Å². The summed E-state index contributed by atoms with van der Waals surface area (Å²) >= 11 is 3.41. The molecule has 1 N–H and O–H groups in total. The molecule has 0 aliphatic rings. The molecule has 0 spiro atoms. The van der Waals surface area contributed by atoms with Gasteiger partial charge in [-0.2, -0.15) is 0 Å². The fourth-order valence-corrected chi connectivity index (χ4v) is 2.03. The highest BCUT2D eigenvalue weighted by Gasteiger charge is 2.06. The Morgan fingerprint density at radius 2 is 1.63 bits per heavy atom. The summed E-state index contributed by atoms with van der Waals surface area (Å²) in [6, 6.07) is 8.01. The normalized spacial score (nSPS) is 11.6. The van der Waals surface area contributed by atoms with Gasteiger partial charge in [-0.1, -0.05) is 28.8 Å². The molecule has 0 fully saturated rings. The lowest BCUT2D eigenvalue weighted by atomic mass is 10.1. The van der Waals surface area contributed by atoms with Crippen LogP contribution in [-0.2, 0) is 0 Å². The standard InChI is InChI=1S/C16H26BrNO/c1-16(2,3)18-12-6-4-5-7-13-19-15-10-8-14(17)9-11-15/h8-11,18H,4-7,12-13H2,1-3H3. The van der Waals surface area contributed by atoms with Crippen LogP contribution in [0.15, 0.2) is 28.7 Å². The van der Waals surface area contributed by atoms with Crippen molar-refractivity contribution in [1.82, 2.24) is 5.32 Å². The minimum Gasteiger partial charge on any atom is -0.494 e. The second-order valence-corrected chi connectivity index (χ2v) is 6.81. The number of halogens is 1. The molecule has 3 heteroatoms. The van der Waals surface area contributed by atoms with Crippen LogP contribution in [0.3, 0.4) is 0 Å². The first kappa shape index (κ1) is 16.5. The van der Waals surface area contributed by atoms with Crippen LogP contribution in [0, 0.1) is 0 Å². The van der Waals surface area contributed by atoms with Crippen molar-refractivity contribution in [2.45, 2.75) is 52.0 Å². The first-order valence-corrected chi connectivity index (χ1v) is 7.90. The Morgan fingerprint density at radius 1 is 1.00 bits per heavy atom. The van der Waals surface area contributed by atoms with Gasteiger partial charge in [0.25, 0.3) is 0 Å². The summed E-state index contributed by atoms with van der Waals surface area (Å²) in [6.45, 7) is 8.54. The summed E-state index contributed by atoms with van der Waals surface area (Å²) in [5, 5.41) is 3.51. The van der Waals surface area contributed by atoms with Crippen LogP contribution in [0.25, 0.3) is 0 Å². The van der Waals surface area contributed by atoms with E-state index < -0.39 is 0 Å². The highest BCUT2D eigenvalue weighted by Crippen LogP contribution is 2.16. The Kier molecular flexibility index (Phi) is 7.47. The number of nitrogens with one attached hydrogen (secondary N) is 1. The van der Waals surface area contributed by atoms with E-state index in [1.807, 2.05) is 24.3 Å². The number of unbranched alkanes of at least 4 members (excludes halogenated alkanes) is 3. The largest absolute Gasteiger partial charge is 0.494 e. The van der Waals surface area contributed by atoms with Gasteiger partial charge in [0.15, 0.2) is 0 Å². The molecular weight excluding hydrogens is 302 g/mol. The lowest BCUT2D eigenvalue weighted by Crippen LogP contribution is -2.36. The maximum absolute atomic E-state index is 5.69. The van der Waals surface area contributed by atoms with Gasteiger partial charge in [0.1, 0.15) is 5.75 Å². The highest BCUT2D eigenvalue weighted by molar-refractivity contribution is 9.10. The second-order valence-electron chi connectivity index (χ2n) is 5.89. The van der Waals surface area contributed by atoms with Crippen LogP contribution in [0.1, 0.15) is 46.5 Å². The Morgan fingerprint density at radius 3 is 2.26 bits per heavy atom. The molecule has 19 heavy (non-hydrogen) atoms. The topological polar surface area (TPSA) is 21.3 Å². The van der Waals surface area contributed by atoms with E-state index in [-0.39, 0.29) is 5.54 Å². The van der Waals surface area contributed by atoms with Crippen molar-refractivity contribution in [2.75, 3.05) is 13.2 Å². The number of hydrogen-bond donors (Lipinski definition) is 1.